The second-order valence-corrected chi connectivity index (χ2v) is 8.13. The normalized spacial score (nSPS) is 12.1. The number of thiazole rings is 1. The van der Waals surface area contributed by atoms with Gasteiger partial charge in [-0.25, -0.2) is 0 Å². The van der Waals surface area contributed by atoms with E-state index in [-0.39, 0.29) is 5.56 Å². The van der Waals surface area contributed by atoms with E-state index in [0.29, 0.717) is 15.3 Å². The van der Waals surface area contributed by atoms with Crippen molar-refractivity contribution in [1.82, 2.24) is 14.6 Å². The van der Waals surface area contributed by atoms with Crippen LogP contribution in [0.4, 0.5) is 0 Å². The first-order valence-electron chi connectivity index (χ1n) is 8.92. The van der Waals surface area contributed by atoms with Crippen LogP contribution in [-0.2, 0) is 0 Å². The summed E-state index contributed by atoms with van der Waals surface area (Å²) in [7, 11) is 0. The van der Waals surface area contributed by atoms with E-state index in [1.165, 1.54) is 28.7 Å². The maximum absolute atomic E-state index is 12.5. The van der Waals surface area contributed by atoms with Crippen LogP contribution in [0.5, 0.6) is 5.75 Å². The van der Waals surface area contributed by atoms with Crippen LogP contribution in [0, 0.1) is 0 Å². The van der Waals surface area contributed by atoms with Gasteiger partial charge in [0, 0.05) is 10.4 Å². The molecule has 0 aliphatic heterocycles. The number of fused-ring (bicyclic) bond motifs is 1. The fourth-order valence-electron chi connectivity index (χ4n) is 2.70. The Hall–Kier alpha value is -2.51. The van der Waals surface area contributed by atoms with Gasteiger partial charge in [-0.3, -0.25) is 4.79 Å². The van der Waals surface area contributed by atoms with Gasteiger partial charge in [0.15, 0.2) is 5.82 Å². The van der Waals surface area contributed by atoms with Crippen LogP contribution in [0.25, 0.3) is 22.4 Å². The molecule has 0 aliphatic carbocycles. The zero-order valence-corrected chi connectivity index (χ0v) is 16.6. The molecule has 0 spiro atoms. The molecule has 4 rings (SSSR count). The van der Waals surface area contributed by atoms with Crippen LogP contribution in [0.15, 0.2) is 46.6 Å². The number of rotatable bonds is 7. The molecular formula is C20H19N3O2S2. The largest absolute Gasteiger partial charge is 0.494 e. The van der Waals surface area contributed by atoms with Gasteiger partial charge in [0.1, 0.15) is 5.75 Å². The molecule has 0 saturated carbocycles. The van der Waals surface area contributed by atoms with Crippen LogP contribution in [0.2, 0.25) is 0 Å². The van der Waals surface area contributed by atoms with Gasteiger partial charge in [0.25, 0.3) is 5.56 Å². The van der Waals surface area contributed by atoms with Gasteiger partial charge in [-0.2, -0.15) is 9.50 Å². The third kappa shape index (κ3) is 3.94. The van der Waals surface area contributed by atoms with Gasteiger partial charge in [0.2, 0.25) is 4.96 Å². The van der Waals surface area contributed by atoms with Crippen molar-refractivity contribution in [2.45, 2.75) is 26.2 Å². The lowest BCUT2D eigenvalue weighted by atomic mass is 10.2. The predicted octanol–water partition coefficient (Wildman–Crippen LogP) is 4.00. The molecule has 0 atom stereocenters. The molecule has 1 aromatic carbocycles. The highest BCUT2D eigenvalue weighted by molar-refractivity contribution is 7.15. The van der Waals surface area contributed by atoms with Crippen LogP contribution >= 0.6 is 22.7 Å². The lowest BCUT2D eigenvalue weighted by molar-refractivity contribution is 0.306. The number of aromatic nitrogens is 3. The highest BCUT2D eigenvalue weighted by atomic mass is 32.1. The first kappa shape index (κ1) is 17.9. The smallest absolute Gasteiger partial charge is 0.291 e. The molecule has 0 aliphatic rings. The van der Waals surface area contributed by atoms with Crippen LogP contribution in [0.3, 0.4) is 0 Å². The number of unbranched alkanes of at least 4 members (excludes halogenated alkanes) is 2. The molecule has 5 nitrogen and oxygen atoms in total. The summed E-state index contributed by atoms with van der Waals surface area (Å²) in [6.45, 7) is 2.91. The average molecular weight is 398 g/mol. The number of hydrogen-bond donors (Lipinski definition) is 0. The van der Waals surface area contributed by atoms with E-state index in [1.54, 1.807) is 11.3 Å². The summed E-state index contributed by atoms with van der Waals surface area (Å²) in [5, 5.41) is 6.38. The van der Waals surface area contributed by atoms with Crippen molar-refractivity contribution in [2.24, 2.45) is 0 Å². The van der Waals surface area contributed by atoms with Gasteiger partial charge >= 0.3 is 0 Å². The molecule has 7 heteroatoms. The molecule has 0 saturated heterocycles. The Labute approximate surface area is 164 Å². The molecule has 3 heterocycles. The van der Waals surface area contributed by atoms with Gasteiger partial charge in [-0.15, -0.1) is 16.4 Å². The highest BCUT2D eigenvalue weighted by Crippen LogP contribution is 2.20. The lowest BCUT2D eigenvalue weighted by Gasteiger charge is -2.05. The third-order valence-corrected chi connectivity index (χ3v) is 5.91. The Kier molecular flexibility index (Phi) is 5.31. The summed E-state index contributed by atoms with van der Waals surface area (Å²) in [6.07, 6.45) is 5.31. The second kappa shape index (κ2) is 8.02. The average Bonchev–Trinajstić information content (AvgIpc) is 3.40. The van der Waals surface area contributed by atoms with Crippen LogP contribution in [-0.4, -0.2) is 21.2 Å². The van der Waals surface area contributed by atoms with E-state index in [1.807, 2.05) is 47.9 Å². The molecule has 0 radical (unpaired) electrons. The summed E-state index contributed by atoms with van der Waals surface area (Å²) in [6, 6.07) is 11.6. The number of benzene rings is 1. The topological polar surface area (TPSA) is 56.5 Å². The van der Waals surface area contributed by atoms with Crippen LogP contribution < -0.4 is 14.8 Å². The van der Waals surface area contributed by atoms with Gasteiger partial charge in [-0.05, 0) is 48.2 Å². The minimum absolute atomic E-state index is 0.127. The summed E-state index contributed by atoms with van der Waals surface area (Å²) in [4.78, 5) is 18.7. The summed E-state index contributed by atoms with van der Waals surface area (Å²) in [5.41, 5.74) is 0.744. The zero-order chi connectivity index (χ0) is 18.6. The fourth-order valence-corrected chi connectivity index (χ4v) is 4.33. The van der Waals surface area contributed by atoms with Gasteiger partial charge in [-0.1, -0.05) is 37.2 Å². The second-order valence-electron chi connectivity index (χ2n) is 6.14. The minimum Gasteiger partial charge on any atom is -0.494 e. The van der Waals surface area contributed by atoms with Crippen molar-refractivity contribution in [3.63, 3.8) is 0 Å². The van der Waals surface area contributed by atoms with Gasteiger partial charge < -0.3 is 4.74 Å². The van der Waals surface area contributed by atoms with E-state index in [4.69, 9.17) is 4.74 Å². The van der Waals surface area contributed by atoms with Crippen molar-refractivity contribution < 1.29 is 4.74 Å². The quantitative estimate of drug-likeness (QED) is 0.442. The van der Waals surface area contributed by atoms with Crippen molar-refractivity contribution >= 4 is 33.7 Å². The lowest BCUT2D eigenvalue weighted by Crippen LogP contribution is -2.23. The third-order valence-electron chi connectivity index (χ3n) is 4.13. The van der Waals surface area contributed by atoms with Crippen molar-refractivity contribution in [3.05, 3.63) is 61.5 Å². The monoisotopic (exact) mass is 397 g/mol. The highest BCUT2D eigenvalue weighted by Gasteiger charge is 2.12. The molecule has 3 aromatic heterocycles. The number of ether oxygens (including phenoxy) is 1. The molecule has 0 amide bonds. The van der Waals surface area contributed by atoms with E-state index in [2.05, 4.69) is 17.0 Å². The van der Waals surface area contributed by atoms with Crippen LogP contribution in [0.1, 0.15) is 31.1 Å². The minimum atomic E-state index is -0.127. The molecular weight excluding hydrogens is 378 g/mol. The number of thiophene rings is 1. The standard InChI is InChI=1S/C20H19N3O2S2/c1-2-3-4-11-25-15-9-7-14(8-10-15)18-21-20-23(22-18)19(24)17(27-20)13-16-6-5-12-26-16/h5-10,12-13H,2-4,11H2,1H3. The van der Waals surface area contributed by atoms with E-state index < -0.39 is 0 Å². The molecule has 0 N–H and O–H groups in total. The summed E-state index contributed by atoms with van der Waals surface area (Å²) < 4.78 is 7.76. The Morgan fingerprint density at radius 1 is 1.19 bits per heavy atom. The maximum Gasteiger partial charge on any atom is 0.291 e. The predicted molar refractivity (Wildman–Crippen MR) is 111 cm³/mol. The molecule has 0 unspecified atom stereocenters. The molecule has 0 fully saturated rings. The Balaban J connectivity index is 1.55. The van der Waals surface area contributed by atoms with E-state index in [9.17, 15) is 4.79 Å². The number of hydrogen-bond acceptors (Lipinski definition) is 6. The summed E-state index contributed by atoms with van der Waals surface area (Å²) >= 11 is 2.96. The SMILES string of the molecule is CCCCCOc1ccc(-c2nc3sc(=Cc4cccs4)c(=O)n3n2)cc1. The molecule has 0 bridgehead atoms. The Bertz CT molecular complexity index is 1130. The van der Waals surface area contributed by atoms with Crippen molar-refractivity contribution in [1.29, 1.82) is 0 Å². The molecule has 138 valence electrons. The summed E-state index contributed by atoms with van der Waals surface area (Å²) in [5.74, 6) is 1.40. The first-order valence-corrected chi connectivity index (χ1v) is 10.6. The molecule has 27 heavy (non-hydrogen) atoms. The maximum atomic E-state index is 12.5. The Morgan fingerprint density at radius 3 is 2.74 bits per heavy atom. The van der Waals surface area contributed by atoms with E-state index >= 15 is 0 Å². The molecule has 4 aromatic rings. The Morgan fingerprint density at radius 2 is 2.04 bits per heavy atom. The van der Waals surface area contributed by atoms with Crippen molar-refractivity contribution in [2.75, 3.05) is 6.61 Å². The zero-order valence-electron chi connectivity index (χ0n) is 14.9. The van der Waals surface area contributed by atoms with Gasteiger partial charge in [0.05, 0.1) is 11.1 Å². The first-order chi connectivity index (χ1) is 13.2. The number of nitrogens with zero attached hydrogens (tertiary/aromatic N) is 3. The van der Waals surface area contributed by atoms with Crippen molar-refractivity contribution in [3.8, 4) is 17.1 Å². The van der Waals surface area contributed by atoms with E-state index in [0.717, 1.165) is 29.2 Å². The fraction of sp³-hybridized carbons (Fsp3) is 0.250.